The highest BCUT2D eigenvalue weighted by Gasteiger charge is 2.23. The number of carbonyl (C=O) groups excluding carboxylic acids is 1. The summed E-state index contributed by atoms with van der Waals surface area (Å²) in [7, 11) is 0. The molecule has 1 aromatic carbocycles. The largest absolute Gasteiger partial charge is 0.384 e. The van der Waals surface area contributed by atoms with Gasteiger partial charge in [-0.25, -0.2) is 0 Å². The quantitative estimate of drug-likeness (QED) is 0.542. The van der Waals surface area contributed by atoms with Gasteiger partial charge in [0.05, 0.1) is 6.04 Å². The van der Waals surface area contributed by atoms with E-state index in [1.165, 1.54) is 0 Å². The van der Waals surface area contributed by atoms with E-state index in [0.29, 0.717) is 5.56 Å². The van der Waals surface area contributed by atoms with Gasteiger partial charge in [-0.05, 0) is 19.4 Å². The molecule has 4 heteroatoms. The smallest absolute Gasteiger partial charge is 0.156 e. The fourth-order valence-electron chi connectivity index (χ4n) is 1.86. The number of rotatable bonds is 6. The second-order valence-electron chi connectivity index (χ2n) is 5.35. The van der Waals surface area contributed by atoms with Crippen LogP contribution >= 0.6 is 0 Å². The molecule has 0 aliphatic carbocycles. The topological polar surface area (TPSA) is 79.0 Å². The molecule has 1 rings (SSSR count). The highest BCUT2D eigenvalue weighted by Crippen LogP contribution is 2.19. The van der Waals surface area contributed by atoms with Crippen molar-refractivity contribution in [2.24, 2.45) is 11.7 Å². The Morgan fingerprint density at radius 3 is 2.05 bits per heavy atom. The van der Waals surface area contributed by atoms with Gasteiger partial charge in [0.25, 0.3) is 0 Å². The predicted molar refractivity (Wildman–Crippen MR) is 78.3 cm³/mol. The molecular formula is C15H23N3O. The van der Waals surface area contributed by atoms with Crippen molar-refractivity contribution in [3.8, 4) is 0 Å². The van der Waals surface area contributed by atoms with Gasteiger partial charge in [0.1, 0.15) is 5.84 Å². The monoisotopic (exact) mass is 261 g/mol. The minimum Gasteiger partial charge on any atom is -0.384 e. The fourth-order valence-corrected chi connectivity index (χ4v) is 1.86. The third-order valence-electron chi connectivity index (χ3n) is 2.91. The van der Waals surface area contributed by atoms with Crippen LogP contribution in [0.5, 0.6) is 0 Å². The van der Waals surface area contributed by atoms with Crippen LogP contribution in [0.4, 0.5) is 0 Å². The number of Topliss-reactive ketones (excluding diaryl/α,β-unsaturated/α-hetero) is 1. The van der Waals surface area contributed by atoms with Gasteiger partial charge in [0.15, 0.2) is 5.78 Å². The molecule has 0 saturated carbocycles. The maximum atomic E-state index is 12.3. The first-order valence-electron chi connectivity index (χ1n) is 6.57. The molecule has 0 bridgehead atoms. The summed E-state index contributed by atoms with van der Waals surface area (Å²) in [5.74, 6) is 0.183. The third kappa shape index (κ3) is 4.17. The van der Waals surface area contributed by atoms with Crippen LogP contribution in [-0.4, -0.2) is 17.7 Å². The molecule has 0 heterocycles. The molecule has 0 radical (unpaired) electrons. The van der Waals surface area contributed by atoms with Gasteiger partial charge in [-0.15, -0.1) is 0 Å². The summed E-state index contributed by atoms with van der Waals surface area (Å²) in [4.78, 5) is 12.3. The van der Waals surface area contributed by atoms with E-state index in [0.717, 1.165) is 5.56 Å². The molecule has 0 spiro atoms. The number of amidine groups is 1. The van der Waals surface area contributed by atoms with Crippen molar-refractivity contribution < 1.29 is 4.79 Å². The van der Waals surface area contributed by atoms with E-state index < -0.39 is 0 Å². The Balaban J connectivity index is 3.03. The molecule has 1 aromatic rings. The van der Waals surface area contributed by atoms with E-state index >= 15 is 0 Å². The lowest BCUT2D eigenvalue weighted by Gasteiger charge is -2.22. The minimum atomic E-state index is -0.305. The Morgan fingerprint density at radius 2 is 1.68 bits per heavy atom. The van der Waals surface area contributed by atoms with Crippen LogP contribution in [0.25, 0.3) is 0 Å². The van der Waals surface area contributed by atoms with Crippen molar-refractivity contribution >= 4 is 11.6 Å². The Kier molecular flexibility index (Phi) is 5.24. The third-order valence-corrected chi connectivity index (χ3v) is 2.91. The van der Waals surface area contributed by atoms with E-state index in [1.807, 2.05) is 39.8 Å². The van der Waals surface area contributed by atoms with Gasteiger partial charge < -0.3 is 11.1 Å². The summed E-state index contributed by atoms with van der Waals surface area (Å²) >= 11 is 0. The van der Waals surface area contributed by atoms with E-state index in [4.69, 9.17) is 11.1 Å². The summed E-state index contributed by atoms with van der Waals surface area (Å²) in [5, 5.41) is 10.7. The number of ketones is 1. The fraction of sp³-hybridized carbons (Fsp3) is 0.467. The van der Waals surface area contributed by atoms with Crippen molar-refractivity contribution in [2.75, 3.05) is 0 Å². The van der Waals surface area contributed by atoms with Crippen molar-refractivity contribution in [3.63, 3.8) is 0 Å². The molecule has 104 valence electrons. The highest BCUT2D eigenvalue weighted by atomic mass is 16.1. The van der Waals surface area contributed by atoms with Crippen LogP contribution in [0.2, 0.25) is 0 Å². The van der Waals surface area contributed by atoms with Gasteiger partial charge in [0, 0.05) is 17.5 Å². The molecule has 19 heavy (non-hydrogen) atoms. The number of carbonyl (C=O) groups is 1. The second-order valence-corrected chi connectivity index (χ2v) is 5.35. The van der Waals surface area contributed by atoms with Crippen LogP contribution < -0.4 is 11.1 Å². The Hall–Kier alpha value is -1.68. The zero-order chi connectivity index (χ0) is 14.6. The van der Waals surface area contributed by atoms with E-state index in [2.05, 4.69) is 5.32 Å². The summed E-state index contributed by atoms with van der Waals surface area (Å²) in [5.41, 5.74) is 7.01. The van der Waals surface area contributed by atoms with Crippen LogP contribution in [-0.2, 0) is 4.79 Å². The molecule has 0 aliphatic rings. The van der Waals surface area contributed by atoms with Gasteiger partial charge in [-0.3, -0.25) is 10.2 Å². The Labute approximate surface area is 114 Å². The molecular weight excluding hydrogens is 238 g/mol. The number of nitrogen functional groups attached to an aromatic ring is 1. The maximum Gasteiger partial charge on any atom is 0.156 e. The van der Waals surface area contributed by atoms with Crippen LogP contribution in [0.1, 0.15) is 44.9 Å². The number of benzene rings is 1. The average Bonchev–Trinajstić information content (AvgIpc) is 2.35. The van der Waals surface area contributed by atoms with Crippen molar-refractivity contribution in [3.05, 3.63) is 35.4 Å². The molecule has 0 saturated heterocycles. The summed E-state index contributed by atoms with van der Waals surface area (Å²) in [6, 6.07) is 7.19. The SMILES string of the molecule is CC(C)NC(C(=O)C(C)C)c1ccc(C(=N)N)cc1. The maximum absolute atomic E-state index is 12.3. The van der Waals surface area contributed by atoms with Crippen molar-refractivity contribution in [1.82, 2.24) is 5.32 Å². The van der Waals surface area contributed by atoms with E-state index in [9.17, 15) is 4.79 Å². The molecule has 0 fully saturated rings. The predicted octanol–water partition coefficient (Wildman–Crippen LogP) is 2.23. The lowest BCUT2D eigenvalue weighted by molar-refractivity contribution is -0.124. The summed E-state index contributed by atoms with van der Waals surface area (Å²) in [6.07, 6.45) is 0. The van der Waals surface area contributed by atoms with Crippen LogP contribution in [0.15, 0.2) is 24.3 Å². The molecule has 1 atom stereocenters. The number of nitrogens with one attached hydrogen (secondary N) is 2. The lowest BCUT2D eigenvalue weighted by Crippen LogP contribution is -2.35. The minimum absolute atomic E-state index is 0.0243. The van der Waals surface area contributed by atoms with Crippen molar-refractivity contribution in [1.29, 1.82) is 5.41 Å². The van der Waals surface area contributed by atoms with Crippen molar-refractivity contribution in [2.45, 2.75) is 39.8 Å². The lowest BCUT2D eigenvalue weighted by atomic mass is 9.94. The van der Waals surface area contributed by atoms with Gasteiger partial charge in [-0.1, -0.05) is 38.1 Å². The first-order valence-corrected chi connectivity index (χ1v) is 6.57. The normalized spacial score (nSPS) is 12.7. The molecule has 4 N–H and O–H groups in total. The first kappa shape index (κ1) is 15.4. The molecule has 0 aliphatic heterocycles. The standard InChI is InChI=1S/C15H23N3O/c1-9(2)14(19)13(18-10(3)4)11-5-7-12(8-6-11)15(16)17/h5-10,13,18H,1-4H3,(H3,16,17). The molecule has 1 unspecified atom stereocenters. The molecule has 0 amide bonds. The highest BCUT2D eigenvalue weighted by molar-refractivity contribution is 5.95. The first-order chi connectivity index (χ1) is 8.82. The van der Waals surface area contributed by atoms with Gasteiger partial charge >= 0.3 is 0 Å². The summed E-state index contributed by atoms with van der Waals surface area (Å²) < 4.78 is 0. The zero-order valence-corrected chi connectivity index (χ0v) is 12.0. The van der Waals surface area contributed by atoms with E-state index in [-0.39, 0.29) is 29.6 Å². The summed E-state index contributed by atoms with van der Waals surface area (Å²) in [6.45, 7) is 7.84. The number of hydrogen-bond acceptors (Lipinski definition) is 3. The van der Waals surface area contributed by atoms with E-state index in [1.54, 1.807) is 12.1 Å². The number of nitrogens with two attached hydrogens (primary N) is 1. The second kappa shape index (κ2) is 6.48. The van der Waals surface area contributed by atoms with Gasteiger partial charge in [-0.2, -0.15) is 0 Å². The van der Waals surface area contributed by atoms with Crippen LogP contribution in [0.3, 0.4) is 0 Å². The Bertz CT molecular complexity index is 449. The molecule has 0 aromatic heterocycles. The Morgan fingerprint density at radius 1 is 1.16 bits per heavy atom. The van der Waals surface area contributed by atoms with Crippen LogP contribution in [0, 0.1) is 11.3 Å². The average molecular weight is 261 g/mol. The molecule has 4 nitrogen and oxygen atoms in total. The number of hydrogen-bond donors (Lipinski definition) is 3. The zero-order valence-electron chi connectivity index (χ0n) is 12.0. The van der Waals surface area contributed by atoms with Gasteiger partial charge in [0.2, 0.25) is 0 Å².